The molecule has 2 aliphatic rings. The van der Waals surface area contributed by atoms with Crippen molar-refractivity contribution in [2.24, 2.45) is 0 Å². The third-order valence-electron chi connectivity index (χ3n) is 4.68. The van der Waals surface area contributed by atoms with Crippen LogP contribution >= 0.6 is 12.2 Å². The molecule has 1 aliphatic carbocycles. The van der Waals surface area contributed by atoms with Crippen molar-refractivity contribution < 1.29 is 9.47 Å². The molecular formula is C19H20N2O2S. The first-order valence-electron chi connectivity index (χ1n) is 8.23. The average molecular weight is 340 g/mol. The predicted molar refractivity (Wildman–Crippen MR) is 98.9 cm³/mol. The van der Waals surface area contributed by atoms with Crippen LogP contribution in [0.2, 0.25) is 0 Å². The predicted octanol–water partition coefficient (Wildman–Crippen LogP) is 3.77. The fourth-order valence-electron chi connectivity index (χ4n) is 3.41. The van der Waals surface area contributed by atoms with Gasteiger partial charge in [-0.2, -0.15) is 0 Å². The summed E-state index contributed by atoms with van der Waals surface area (Å²) in [7, 11) is 2.06. The summed E-state index contributed by atoms with van der Waals surface area (Å²) in [5.74, 6) is 1.55. The molecule has 24 heavy (non-hydrogen) atoms. The maximum Gasteiger partial charge on any atom is 0.173 e. The van der Waals surface area contributed by atoms with Crippen molar-refractivity contribution in [3.63, 3.8) is 0 Å². The number of fused-ring (bicyclic) bond motifs is 2. The van der Waals surface area contributed by atoms with Gasteiger partial charge in [0.15, 0.2) is 16.6 Å². The smallest absolute Gasteiger partial charge is 0.173 e. The van der Waals surface area contributed by atoms with E-state index in [9.17, 15) is 0 Å². The Morgan fingerprint density at radius 2 is 1.92 bits per heavy atom. The fraction of sp³-hybridized carbons (Fsp3) is 0.316. The molecule has 0 aromatic heterocycles. The normalized spacial score (nSPS) is 18.0. The minimum absolute atomic E-state index is 0.332. The number of anilines is 1. The van der Waals surface area contributed by atoms with Gasteiger partial charge in [0, 0.05) is 18.8 Å². The second kappa shape index (κ2) is 6.32. The largest absolute Gasteiger partial charge is 0.486 e. The van der Waals surface area contributed by atoms with Gasteiger partial charge in [-0.1, -0.05) is 24.3 Å². The van der Waals surface area contributed by atoms with Gasteiger partial charge in [0.05, 0.1) is 6.04 Å². The van der Waals surface area contributed by atoms with Gasteiger partial charge in [0.2, 0.25) is 0 Å². The molecular weight excluding hydrogens is 320 g/mol. The molecule has 0 fully saturated rings. The lowest BCUT2D eigenvalue weighted by Crippen LogP contribution is -2.33. The highest BCUT2D eigenvalue weighted by molar-refractivity contribution is 7.80. The molecule has 1 atom stereocenters. The lowest BCUT2D eigenvalue weighted by Gasteiger charge is -2.28. The molecule has 0 unspecified atom stereocenters. The van der Waals surface area contributed by atoms with Crippen LogP contribution in [0.25, 0.3) is 0 Å². The molecule has 0 bridgehead atoms. The number of hydrogen-bond acceptors (Lipinski definition) is 3. The Kier molecular flexibility index (Phi) is 4.02. The van der Waals surface area contributed by atoms with Gasteiger partial charge in [-0.15, -0.1) is 0 Å². The van der Waals surface area contributed by atoms with E-state index >= 15 is 0 Å². The third kappa shape index (κ3) is 2.80. The summed E-state index contributed by atoms with van der Waals surface area (Å²) in [6, 6.07) is 14.8. The van der Waals surface area contributed by atoms with Crippen molar-refractivity contribution in [3.8, 4) is 11.5 Å². The summed E-state index contributed by atoms with van der Waals surface area (Å²) in [5, 5.41) is 4.04. The Morgan fingerprint density at radius 1 is 1.12 bits per heavy atom. The Balaban J connectivity index is 1.48. The molecule has 0 radical (unpaired) electrons. The van der Waals surface area contributed by atoms with Crippen molar-refractivity contribution in [2.75, 3.05) is 25.6 Å². The van der Waals surface area contributed by atoms with Crippen molar-refractivity contribution in [3.05, 3.63) is 53.6 Å². The van der Waals surface area contributed by atoms with E-state index in [-0.39, 0.29) is 0 Å². The summed E-state index contributed by atoms with van der Waals surface area (Å²) in [6.07, 6.45) is 2.20. The second-order valence-electron chi connectivity index (χ2n) is 6.15. The number of rotatable bonds is 2. The monoisotopic (exact) mass is 340 g/mol. The van der Waals surface area contributed by atoms with Gasteiger partial charge in [0.25, 0.3) is 0 Å². The van der Waals surface area contributed by atoms with E-state index < -0.39 is 0 Å². The first-order chi connectivity index (χ1) is 11.7. The molecule has 1 N–H and O–H groups in total. The van der Waals surface area contributed by atoms with Crippen LogP contribution in [0, 0.1) is 0 Å². The van der Waals surface area contributed by atoms with Crippen LogP contribution < -0.4 is 14.8 Å². The van der Waals surface area contributed by atoms with Gasteiger partial charge in [-0.25, -0.2) is 0 Å². The number of benzene rings is 2. The number of nitrogens with zero attached hydrogens (tertiary/aromatic N) is 1. The molecule has 4 rings (SSSR count). The molecule has 0 saturated heterocycles. The lowest BCUT2D eigenvalue weighted by atomic mass is 10.1. The Hall–Kier alpha value is -2.27. The summed E-state index contributed by atoms with van der Waals surface area (Å²) in [5.41, 5.74) is 3.73. The van der Waals surface area contributed by atoms with E-state index in [2.05, 4.69) is 41.5 Å². The Morgan fingerprint density at radius 3 is 2.79 bits per heavy atom. The highest BCUT2D eigenvalue weighted by atomic mass is 32.1. The van der Waals surface area contributed by atoms with Gasteiger partial charge >= 0.3 is 0 Å². The van der Waals surface area contributed by atoms with Crippen LogP contribution in [0.4, 0.5) is 5.69 Å². The third-order valence-corrected chi connectivity index (χ3v) is 5.07. The van der Waals surface area contributed by atoms with E-state index in [1.165, 1.54) is 11.1 Å². The maximum absolute atomic E-state index is 5.63. The van der Waals surface area contributed by atoms with E-state index in [0.29, 0.717) is 24.4 Å². The number of hydrogen-bond donors (Lipinski definition) is 1. The summed E-state index contributed by atoms with van der Waals surface area (Å²) in [4.78, 5) is 2.15. The van der Waals surface area contributed by atoms with Gasteiger partial charge in [-0.3, -0.25) is 0 Å². The van der Waals surface area contributed by atoms with Crippen LogP contribution in [-0.4, -0.2) is 30.3 Å². The van der Waals surface area contributed by atoms with E-state index in [1.807, 2.05) is 18.2 Å². The zero-order valence-electron chi connectivity index (χ0n) is 13.6. The van der Waals surface area contributed by atoms with Crippen LogP contribution in [0.5, 0.6) is 11.5 Å². The van der Waals surface area contributed by atoms with Crippen LogP contribution in [-0.2, 0) is 6.42 Å². The van der Waals surface area contributed by atoms with Crippen LogP contribution in [0.15, 0.2) is 42.5 Å². The second-order valence-corrected chi connectivity index (χ2v) is 6.54. The minimum Gasteiger partial charge on any atom is -0.486 e. The van der Waals surface area contributed by atoms with E-state index in [4.69, 9.17) is 21.7 Å². The standard InChI is InChI=1S/C19H20N2O2S/c1-21(16-8-6-13-4-2-3-5-15(13)16)19(24)20-14-7-9-17-18(12-14)23-11-10-22-17/h2-5,7,9,12,16H,6,8,10-11H2,1H3,(H,20,24)/t16-/m0/s1. The van der Waals surface area contributed by atoms with E-state index in [0.717, 1.165) is 30.0 Å². The molecule has 1 heterocycles. The average Bonchev–Trinajstić information content (AvgIpc) is 3.05. The molecule has 2 aromatic rings. The first-order valence-corrected chi connectivity index (χ1v) is 8.64. The highest BCUT2D eigenvalue weighted by Gasteiger charge is 2.27. The first kappa shape index (κ1) is 15.3. The number of aryl methyl sites for hydroxylation is 1. The topological polar surface area (TPSA) is 33.7 Å². The number of thiocarbonyl (C=S) groups is 1. The van der Waals surface area contributed by atoms with Crippen molar-refractivity contribution in [2.45, 2.75) is 18.9 Å². The quantitative estimate of drug-likeness (QED) is 0.842. The summed E-state index contributed by atoms with van der Waals surface area (Å²) < 4.78 is 11.2. The van der Waals surface area contributed by atoms with Crippen molar-refractivity contribution >= 4 is 23.0 Å². The zero-order valence-corrected chi connectivity index (χ0v) is 14.4. The lowest BCUT2D eigenvalue weighted by molar-refractivity contribution is 0.171. The van der Waals surface area contributed by atoms with Crippen molar-refractivity contribution in [1.29, 1.82) is 0 Å². The molecule has 4 nitrogen and oxygen atoms in total. The number of nitrogens with one attached hydrogen (secondary N) is 1. The fourth-order valence-corrected chi connectivity index (χ4v) is 3.66. The highest BCUT2D eigenvalue weighted by Crippen LogP contribution is 2.36. The van der Waals surface area contributed by atoms with Gasteiger partial charge < -0.3 is 19.7 Å². The molecule has 0 amide bonds. The molecule has 0 spiro atoms. The van der Waals surface area contributed by atoms with Crippen molar-refractivity contribution in [1.82, 2.24) is 4.90 Å². The van der Waals surface area contributed by atoms with Crippen LogP contribution in [0.3, 0.4) is 0 Å². The molecule has 0 saturated carbocycles. The maximum atomic E-state index is 5.63. The van der Waals surface area contributed by atoms with E-state index in [1.54, 1.807) is 0 Å². The summed E-state index contributed by atoms with van der Waals surface area (Å²) in [6.45, 7) is 1.18. The molecule has 5 heteroatoms. The number of ether oxygens (including phenoxy) is 2. The van der Waals surface area contributed by atoms with Gasteiger partial charge in [0.1, 0.15) is 13.2 Å². The SMILES string of the molecule is CN(C(=S)Nc1ccc2c(c1)OCCO2)[C@H]1CCc2ccccc21. The summed E-state index contributed by atoms with van der Waals surface area (Å²) >= 11 is 5.62. The van der Waals surface area contributed by atoms with Gasteiger partial charge in [-0.05, 0) is 48.3 Å². The molecule has 1 aliphatic heterocycles. The Labute approximate surface area is 147 Å². The Bertz CT molecular complexity index is 778. The molecule has 2 aromatic carbocycles. The van der Waals surface area contributed by atoms with Crippen LogP contribution in [0.1, 0.15) is 23.6 Å². The minimum atomic E-state index is 0.332. The molecule has 124 valence electrons. The zero-order chi connectivity index (χ0) is 16.5.